The predicted molar refractivity (Wildman–Crippen MR) is 138 cm³/mol. The van der Waals surface area contributed by atoms with Gasteiger partial charge in [-0.1, -0.05) is 95.2 Å². The van der Waals surface area contributed by atoms with E-state index in [0.29, 0.717) is 16.2 Å². The molecule has 1 saturated carbocycles. The van der Waals surface area contributed by atoms with Crippen LogP contribution in [0.15, 0.2) is 59.2 Å². The Labute approximate surface area is 197 Å². The van der Waals surface area contributed by atoms with Crippen molar-refractivity contribution in [1.29, 1.82) is 0 Å². The second-order valence-corrected chi connectivity index (χ2v) is 12.7. The lowest BCUT2D eigenvalue weighted by Crippen LogP contribution is -2.47. The van der Waals surface area contributed by atoms with E-state index in [0.717, 1.165) is 17.8 Å². The minimum Gasteiger partial charge on any atom is -0.0837 e. The molecule has 4 aliphatic carbocycles. The lowest BCUT2D eigenvalue weighted by atomic mass is 9.47. The number of fused-ring (bicyclic) bond motifs is 4. The van der Waals surface area contributed by atoms with E-state index in [1.165, 1.54) is 63.4 Å². The molecule has 0 unspecified atom stereocenters. The van der Waals surface area contributed by atoms with Crippen molar-refractivity contribution in [3.05, 3.63) is 64.8 Å². The molecule has 1 aromatic carbocycles. The first-order valence-electron chi connectivity index (χ1n) is 13.4. The number of hydrogen-bond donors (Lipinski definition) is 0. The Morgan fingerprint density at radius 2 is 1.75 bits per heavy atom. The predicted octanol–water partition coefficient (Wildman–Crippen LogP) is 9.40. The van der Waals surface area contributed by atoms with Crippen molar-refractivity contribution in [2.24, 2.45) is 34.0 Å². The summed E-state index contributed by atoms with van der Waals surface area (Å²) in [5.41, 5.74) is 8.19. The first kappa shape index (κ1) is 22.2. The Morgan fingerprint density at radius 1 is 0.969 bits per heavy atom. The molecule has 0 heterocycles. The van der Waals surface area contributed by atoms with Crippen molar-refractivity contribution >= 4 is 6.08 Å². The van der Waals surface area contributed by atoms with Crippen LogP contribution in [0, 0.1) is 34.0 Å². The van der Waals surface area contributed by atoms with Gasteiger partial charge in [-0.15, -0.1) is 0 Å². The standard InChI is InChI=1S/C32H44/c1-23(11-9-14-24-12-7-6-8-13-24)26-16-17-27-25-15-18-29-30(2,3)20-10-21-32(29,5)28(25)19-22-31(26,27)4/h6-9,12-14,17,23,26,29H,10-11,15-16,18-22H2,1-5H3/b14-9+/t23-,26-,29+,31-,32-/m1/s1. The molecule has 5 rings (SSSR count). The molecule has 172 valence electrons. The van der Waals surface area contributed by atoms with Crippen LogP contribution in [0.4, 0.5) is 0 Å². The van der Waals surface area contributed by atoms with Gasteiger partial charge in [-0.3, -0.25) is 0 Å². The second-order valence-electron chi connectivity index (χ2n) is 12.7. The molecule has 0 nitrogen and oxygen atoms in total. The van der Waals surface area contributed by atoms with Crippen LogP contribution in [0.25, 0.3) is 6.08 Å². The van der Waals surface area contributed by atoms with Gasteiger partial charge >= 0.3 is 0 Å². The minimum atomic E-state index is 0.395. The normalized spacial score (nSPS) is 37.0. The fourth-order valence-electron chi connectivity index (χ4n) is 8.83. The molecule has 0 spiro atoms. The number of allylic oxidation sites excluding steroid dienone is 5. The number of benzene rings is 1. The third kappa shape index (κ3) is 3.48. The summed E-state index contributed by atoms with van der Waals surface area (Å²) in [5, 5.41) is 0. The largest absolute Gasteiger partial charge is 0.0837 e. The topological polar surface area (TPSA) is 0 Å². The second kappa shape index (κ2) is 8.03. The van der Waals surface area contributed by atoms with Crippen molar-refractivity contribution < 1.29 is 0 Å². The van der Waals surface area contributed by atoms with Crippen LogP contribution in [0.5, 0.6) is 0 Å². The Bertz CT molecular complexity index is 942. The van der Waals surface area contributed by atoms with E-state index in [1.54, 1.807) is 5.57 Å². The zero-order valence-electron chi connectivity index (χ0n) is 21.2. The molecule has 4 aliphatic rings. The zero-order valence-corrected chi connectivity index (χ0v) is 21.2. The average Bonchev–Trinajstić information content (AvgIpc) is 3.11. The van der Waals surface area contributed by atoms with Crippen LogP contribution in [-0.4, -0.2) is 0 Å². The van der Waals surface area contributed by atoms with E-state index < -0.39 is 0 Å². The highest BCUT2D eigenvalue weighted by molar-refractivity contribution is 5.50. The highest BCUT2D eigenvalue weighted by atomic mass is 14.6. The van der Waals surface area contributed by atoms with Gasteiger partial charge in [0.25, 0.3) is 0 Å². The van der Waals surface area contributed by atoms with Crippen LogP contribution >= 0.6 is 0 Å². The molecule has 0 amide bonds. The average molecular weight is 429 g/mol. The number of rotatable bonds is 4. The summed E-state index contributed by atoms with van der Waals surface area (Å²) < 4.78 is 0. The molecule has 1 aromatic rings. The highest BCUT2D eigenvalue weighted by Crippen LogP contribution is 2.66. The van der Waals surface area contributed by atoms with Crippen molar-refractivity contribution in [3.63, 3.8) is 0 Å². The Hall–Kier alpha value is -1.56. The summed E-state index contributed by atoms with van der Waals surface area (Å²) >= 11 is 0. The monoisotopic (exact) mass is 428 g/mol. The maximum absolute atomic E-state index is 2.69. The van der Waals surface area contributed by atoms with Crippen molar-refractivity contribution in [2.45, 2.75) is 92.4 Å². The van der Waals surface area contributed by atoms with Gasteiger partial charge in [0.1, 0.15) is 0 Å². The van der Waals surface area contributed by atoms with Gasteiger partial charge in [0, 0.05) is 0 Å². The van der Waals surface area contributed by atoms with Crippen LogP contribution in [0.1, 0.15) is 98.0 Å². The van der Waals surface area contributed by atoms with Gasteiger partial charge in [0.2, 0.25) is 0 Å². The molecule has 1 fully saturated rings. The molecule has 0 radical (unpaired) electrons. The Morgan fingerprint density at radius 3 is 2.53 bits per heavy atom. The lowest BCUT2D eigenvalue weighted by Gasteiger charge is -2.58. The third-order valence-corrected chi connectivity index (χ3v) is 10.5. The lowest BCUT2D eigenvalue weighted by molar-refractivity contribution is 0.00603. The van der Waals surface area contributed by atoms with Gasteiger partial charge < -0.3 is 0 Å². The van der Waals surface area contributed by atoms with E-state index in [4.69, 9.17) is 0 Å². The first-order valence-corrected chi connectivity index (χ1v) is 13.4. The maximum Gasteiger partial charge on any atom is -0.00388 e. The summed E-state index contributed by atoms with van der Waals surface area (Å²) in [5.74, 6) is 2.41. The van der Waals surface area contributed by atoms with Crippen LogP contribution in [-0.2, 0) is 0 Å². The molecule has 0 saturated heterocycles. The molecule has 0 bridgehead atoms. The fraction of sp³-hybridized carbons (Fsp3) is 0.625. The minimum absolute atomic E-state index is 0.395. The van der Waals surface area contributed by atoms with Crippen molar-refractivity contribution in [1.82, 2.24) is 0 Å². The summed E-state index contributed by atoms with van der Waals surface area (Å²) in [6.45, 7) is 12.9. The SMILES string of the molecule is C[C@H](C/C=C/c1ccccc1)[C@H]1CC=C2C3=C(CC[C@@]21C)[C@@]1(C)CCCC(C)(C)[C@@H]1CC3. The van der Waals surface area contributed by atoms with E-state index in [9.17, 15) is 0 Å². The molecular formula is C32H44. The van der Waals surface area contributed by atoms with E-state index in [1.807, 2.05) is 11.1 Å². The quantitative estimate of drug-likeness (QED) is 0.448. The number of hydrogen-bond acceptors (Lipinski definition) is 0. The van der Waals surface area contributed by atoms with Gasteiger partial charge in [0.15, 0.2) is 0 Å². The van der Waals surface area contributed by atoms with E-state index in [2.05, 4.69) is 83.2 Å². The fourth-order valence-corrected chi connectivity index (χ4v) is 8.83. The van der Waals surface area contributed by atoms with Gasteiger partial charge in [-0.2, -0.15) is 0 Å². The van der Waals surface area contributed by atoms with Gasteiger partial charge in [-0.05, 0) is 102 Å². The van der Waals surface area contributed by atoms with Gasteiger partial charge in [0.05, 0.1) is 0 Å². The summed E-state index contributed by atoms with van der Waals surface area (Å²) in [7, 11) is 0. The molecule has 0 aromatic heterocycles. The van der Waals surface area contributed by atoms with Crippen molar-refractivity contribution in [3.8, 4) is 0 Å². The molecule has 0 N–H and O–H groups in total. The van der Waals surface area contributed by atoms with E-state index >= 15 is 0 Å². The van der Waals surface area contributed by atoms with Crippen molar-refractivity contribution in [2.75, 3.05) is 0 Å². The molecular weight excluding hydrogens is 384 g/mol. The van der Waals surface area contributed by atoms with Crippen LogP contribution in [0.3, 0.4) is 0 Å². The summed E-state index contributed by atoms with van der Waals surface area (Å²) in [6.07, 6.45) is 19.7. The summed E-state index contributed by atoms with van der Waals surface area (Å²) in [6, 6.07) is 10.8. The molecule has 0 heteroatoms. The molecule has 5 atom stereocenters. The zero-order chi connectivity index (χ0) is 22.6. The highest BCUT2D eigenvalue weighted by Gasteiger charge is 2.55. The van der Waals surface area contributed by atoms with E-state index in [-0.39, 0.29) is 0 Å². The smallest absolute Gasteiger partial charge is 0.00388 e. The Kier molecular flexibility index (Phi) is 5.58. The molecule has 0 aliphatic heterocycles. The Balaban J connectivity index is 1.36. The van der Waals surface area contributed by atoms with Crippen LogP contribution < -0.4 is 0 Å². The van der Waals surface area contributed by atoms with Crippen LogP contribution in [0.2, 0.25) is 0 Å². The van der Waals surface area contributed by atoms with Gasteiger partial charge in [-0.25, -0.2) is 0 Å². The maximum atomic E-state index is 2.69. The summed E-state index contributed by atoms with van der Waals surface area (Å²) in [4.78, 5) is 0. The molecule has 32 heavy (non-hydrogen) atoms. The first-order chi connectivity index (χ1) is 15.3. The third-order valence-electron chi connectivity index (χ3n) is 10.5.